The molecule has 0 aromatic carbocycles. The van der Waals surface area contributed by atoms with Crippen LogP contribution in [0.1, 0.15) is 12.6 Å². The molecule has 0 saturated heterocycles. The number of aliphatic imine (C=N–C) groups is 1. The molecule has 0 saturated carbocycles. The Bertz CT molecular complexity index is 473. The zero-order chi connectivity index (χ0) is 14.4. The van der Waals surface area contributed by atoms with Crippen molar-refractivity contribution in [1.82, 2.24) is 14.8 Å². The molecule has 0 aliphatic rings. The summed E-state index contributed by atoms with van der Waals surface area (Å²) in [6, 6.07) is 2.10. The second-order valence-electron chi connectivity index (χ2n) is 4.30. The molecule has 0 radical (unpaired) electrons. The molecule has 7 heteroatoms. The molecule has 1 rings (SSSR count). The van der Waals surface area contributed by atoms with E-state index in [2.05, 4.69) is 48.4 Å². The molecule has 0 fully saturated rings. The quantitative estimate of drug-likeness (QED) is 0.401. The van der Waals surface area contributed by atoms with Crippen LogP contribution in [0.3, 0.4) is 0 Å². The number of hydrogen-bond donors (Lipinski definition) is 1. The van der Waals surface area contributed by atoms with E-state index >= 15 is 0 Å². The fourth-order valence-electron chi connectivity index (χ4n) is 1.67. The molecule has 1 aromatic heterocycles. The summed E-state index contributed by atoms with van der Waals surface area (Å²) in [5.74, 6) is 0.821. The summed E-state index contributed by atoms with van der Waals surface area (Å²) in [7, 11) is 4.03. The molecule has 1 aromatic rings. The summed E-state index contributed by atoms with van der Waals surface area (Å²) >= 11 is 9.23. The van der Waals surface area contributed by atoms with Crippen molar-refractivity contribution < 1.29 is 0 Å². The highest BCUT2D eigenvalue weighted by Crippen LogP contribution is 2.15. The highest BCUT2D eigenvalue weighted by molar-refractivity contribution is 14.0. The molecule has 0 aliphatic heterocycles. The summed E-state index contributed by atoms with van der Waals surface area (Å²) < 4.78 is 3.17. The highest BCUT2D eigenvalue weighted by atomic mass is 127. The van der Waals surface area contributed by atoms with Crippen molar-refractivity contribution in [3.05, 3.63) is 34.0 Å². The third kappa shape index (κ3) is 6.49. The van der Waals surface area contributed by atoms with E-state index in [1.165, 1.54) is 5.69 Å². The van der Waals surface area contributed by atoms with Gasteiger partial charge in [0.15, 0.2) is 5.96 Å². The Kier molecular flexibility index (Phi) is 9.58. The lowest BCUT2D eigenvalue weighted by Gasteiger charge is -2.22. The van der Waals surface area contributed by atoms with E-state index in [1.807, 2.05) is 27.2 Å². The Balaban J connectivity index is 0.00000361. The second kappa shape index (κ2) is 9.68. The van der Waals surface area contributed by atoms with E-state index in [0.29, 0.717) is 11.6 Å². The lowest BCUT2D eigenvalue weighted by Crippen LogP contribution is -2.38. The normalized spacial score (nSPS) is 10.9. The monoisotopic (exact) mass is 474 g/mol. The molecule has 1 heterocycles. The molecule has 0 unspecified atom stereocenters. The van der Waals surface area contributed by atoms with E-state index in [0.717, 1.165) is 23.5 Å². The summed E-state index contributed by atoms with van der Waals surface area (Å²) in [6.45, 7) is 7.69. The first kappa shape index (κ1) is 19.8. The largest absolute Gasteiger partial charge is 0.357 e. The molecule has 0 amide bonds. The number of rotatable bonds is 5. The van der Waals surface area contributed by atoms with Crippen LogP contribution in [0.15, 0.2) is 33.3 Å². The third-order valence-electron chi connectivity index (χ3n) is 2.57. The maximum absolute atomic E-state index is 5.76. The van der Waals surface area contributed by atoms with Crippen molar-refractivity contribution in [3.8, 4) is 0 Å². The first-order valence-electron chi connectivity index (χ1n) is 6.07. The van der Waals surface area contributed by atoms with E-state index in [1.54, 1.807) is 0 Å². The van der Waals surface area contributed by atoms with Crippen LogP contribution in [0.25, 0.3) is 0 Å². The summed E-state index contributed by atoms with van der Waals surface area (Å²) in [6.07, 6.45) is 2.04. The summed E-state index contributed by atoms with van der Waals surface area (Å²) in [4.78, 5) is 6.49. The number of nitrogens with one attached hydrogen (secondary N) is 1. The van der Waals surface area contributed by atoms with Crippen LogP contribution >= 0.6 is 51.5 Å². The predicted octanol–water partition coefficient (Wildman–Crippen LogP) is 3.56. The Morgan fingerprint density at radius 1 is 1.60 bits per heavy atom. The average Bonchev–Trinajstić information content (AvgIpc) is 2.62. The summed E-state index contributed by atoms with van der Waals surface area (Å²) in [5, 5.41) is 3.77. The van der Waals surface area contributed by atoms with Crippen LogP contribution in [-0.2, 0) is 13.6 Å². The minimum absolute atomic E-state index is 0. The maximum Gasteiger partial charge on any atom is 0.194 e. The van der Waals surface area contributed by atoms with Gasteiger partial charge in [-0.05, 0) is 28.9 Å². The van der Waals surface area contributed by atoms with E-state index in [9.17, 15) is 0 Å². The van der Waals surface area contributed by atoms with Crippen LogP contribution in [0.4, 0.5) is 0 Å². The van der Waals surface area contributed by atoms with Crippen molar-refractivity contribution in [1.29, 1.82) is 0 Å². The number of hydrogen-bond acceptors (Lipinski definition) is 1. The van der Waals surface area contributed by atoms with E-state index < -0.39 is 0 Å². The van der Waals surface area contributed by atoms with Gasteiger partial charge in [0.1, 0.15) is 0 Å². The number of aromatic nitrogens is 1. The zero-order valence-corrected chi connectivity index (χ0v) is 16.7. The minimum atomic E-state index is 0. The predicted molar refractivity (Wildman–Crippen MR) is 101 cm³/mol. The molecule has 0 atom stereocenters. The average molecular weight is 476 g/mol. The van der Waals surface area contributed by atoms with Gasteiger partial charge in [0, 0.05) is 42.0 Å². The van der Waals surface area contributed by atoms with Crippen LogP contribution in [0, 0.1) is 0 Å². The van der Waals surface area contributed by atoms with Crippen molar-refractivity contribution >= 4 is 57.5 Å². The van der Waals surface area contributed by atoms with E-state index in [4.69, 9.17) is 11.6 Å². The lowest BCUT2D eigenvalue weighted by atomic mass is 10.4. The van der Waals surface area contributed by atoms with Crippen molar-refractivity contribution in [2.45, 2.75) is 13.5 Å². The molecular weight excluding hydrogens is 454 g/mol. The van der Waals surface area contributed by atoms with Gasteiger partial charge in [-0.1, -0.05) is 18.2 Å². The van der Waals surface area contributed by atoms with Crippen LogP contribution in [0.2, 0.25) is 0 Å². The molecule has 0 bridgehead atoms. The van der Waals surface area contributed by atoms with Gasteiger partial charge in [0.25, 0.3) is 0 Å². The van der Waals surface area contributed by atoms with Gasteiger partial charge < -0.3 is 14.8 Å². The molecule has 114 valence electrons. The van der Waals surface area contributed by atoms with Crippen LogP contribution in [-0.4, -0.2) is 35.6 Å². The summed E-state index contributed by atoms with van der Waals surface area (Å²) in [5.41, 5.74) is 1.20. The first-order valence-corrected chi connectivity index (χ1v) is 7.24. The Morgan fingerprint density at radius 3 is 2.70 bits per heavy atom. The zero-order valence-electron chi connectivity index (χ0n) is 12.0. The van der Waals surface area contributed by atoms with Gasteiger partial charge in [0.05, 0.1) is 13.1 Å². The Morgan fingerprint density at radius 2 is 2.25 bits per heavy atom. The first-order chi connectivity index (χ1) is 8.93. The fourth-order valence-corrected chi connectivity index (χ4v) is 2.30. The molecule has 0 spiro atoms. The molecule has 4 nitrogen and oxygen atoms in total. The van der Waals surface area contributed by atoms with Crippen LogP contribution in [0.5, 0.6) is 0 Å². The number of nitrogens with zero attached hydrogens (tertiary/aromatic N) is 3. The second-order valence-corrected chi connectivity index (χ2v) is 5.75. The lowest BCUT2D eigenvalue weighted by molar-refractivity contribution is 0.463. The Hall–Kier alpha value is -0.210. The molecular formula is C13H21BrClIN4. The van der Waals surface area contributed by atoms with Gasteiger partial charge in [0.2, 0.25) is 0 Å². The van der Waals surface area contributed by atoms with Crippen molar-refractivity contribution in [2.75, 3.05) is 20.1 Å². The maximum atomic E-state index is 5.76. The van der Waals surface area contributed by atoms with Gasteiger partial charge in [-0.3, -0.25) is 0 Å². The standard InChI is InChI=1S/C13H20BrClN4.HI/c1-5-16-13(17-7-10(2)15)19(4)9-12-6-11(14)8-18(12)3;/h6,8H,2,5,7,9H2,1,3-4H3,(H,16,17);1H. The molecule has 1 N–H and O–H groups in total. The number of halogens is 3. The van der Waals surface area contributed by atoms with Crippen LogP contribution < -0.4 is 5.32 Å². The van der Waals surface area contributed by atoms with Gasteiger partial charge in [-0.25, -0.2) is 4.99 Å². The Labute approximate surface area is 151 Å². The van der Waals surface area contributed by atoms with Gasteiger partial charge in [-0.2, -0.15) is 0 Å². The van der Waals surface area contributed by atoms with Crippen molar-refractivity contribution in [3.63, 3.8) is 0 Å². The topological polar surface area (TPSA) is 32.6 Å². The van der Waals surface area contributed by atoms with Gasteiger partial charge >= 0.3 is 0 Å². The molecule has 20 heavy (non-hydrogen) atoms. The SMILES string of the molecule is C=C(Cl)CN=C(NCC)N(C)Cc1cc(Br)cn1C.I. The minimum Gasteiger partial charge on any atom is -0.357 e. The van der Waals surface area contributed by atoms with E-state index in [-0.39, 0.29) is 24.0 Å². The fraction of sp³-hybridized carbons (Fsp3) is 0.462. The number of guanidine groups is 1. The highest BCUT2D eigenvalue weighted by Gasteiger charge is 2.09. The molecule has 0 aliphatic carbocycles. The third-order valence-corrected chi connectivity index (χ3v) is 3.12. The van der Waals surface area contributed by atoms with Gasteiger partial charge in [-0.15, -0.1) is 24.0 Å². The van der Waals surface area contributed by atoms with Crippen molar-refractivity contribution in [2.24, 2.45) is 12.0 Å². The number of aryl methyl sites for hydroxylation is 1. The smallest absolute Gasteiger partial charge is 0.194 e.